The van der Waals surface area contributed by atoms with Crippen LogP contribution in [0.5, 0.6) is 0 Å². The van der Waals surface area contributed by atoms with E-state index in [0.29, 0.717) is 0 Å². The minimum Gasteiger partial charge on any atom is -0.197 e. The van der Waals surface area contributed by atoms with Gasteiger partial charge in [0.05, 0.1) is 0 Å². The molecule has 1 radical (unpaired) electrons. The average Bonchev–Trinajstić information content (AvgIpc) is 2.62. The number of aromatic amines is 1. The summed E-state index contributed by atoms with van der Waals surface area (Å²) >= 11 is 0. The second-order valence-corrected chi connectivity index (χ2v) is 3.14. The summed E-state index contributed by atoms with van der Waals surface area (Å²) in [4.78, 5) is 0. The fraction of sp³-hybridized carbons (Fsp3) is 0.400. The maximum atomic E-state index is 4.07. The van der Waals surface area contributed by atoms with E-state index in [-0.39, 0.29) is 22.4 Å². The predicted octanol–water partition coefficient (Wildman–Crippen LogP) is 2.08. The largest absolute Gasteiger partial charge is 0.197 e. The van der Waals surface area contributed by atoms with Crippen molar-refractivity contribution in [2.75, 3.05) is 0 Å². The molecule has 1 aromatic carbocycles. The van der Waals surface area contributed by atoms with Crippen LogP contribution >= 0.6 is 0 Å². The average molecular weight is 283 g/mol. The van der Waals surface area contributed by atoms with Gasteiger partial charge in [0.1, 0.15) is 11.0 Å². The molecule has 79 valence electrons. The molecule has 4 heteroatoms. The molecule has 0 amide bonds. The SMILES string of the molecule is CCc1cc2n[nH]nc2cc1CC.[Ag]. The van der Waals surface area contributed by atoms with Crippen molar-refractivity contribution in [2.45, 2.75) is 26.7 Å². The normalized spacial score (nSPS) is 10.1. The van der Waals surface area contributed by atoms with Crippen molar-refractivity contribution in [1.29, 1.82) is 0 Å². The van der Waals surface area contributed by atoms with Crippen molar-refractivity contribution in [3.63, 3.8) is 0 Å². The van der Waals surface area contributed by atoms with Gasteiger partial charge in [-0.3, -0.25) is 0 Å². The maximum Gasteiger partial charge on any atom is 0.113 e. The second-order valence-electron chi connectivity index (χ2n) is 3.14. The summed E-state index contributed by atoms with van der Waals surface area (Å²) in [5.41, 5.74) is 4.69. The van der Waals surface area contributed by atoms with Crippen LogP contribution in [0.1, 0.15) is 25.0 Å². The molecule has 0 spiro atoms. The molecule has 0 fully saturated rings. The van der Waals surface area contributed by atoms with Gasteiger partial charge < -0.3 is 0 Å². The number of hydrogen-bond donors (Lipinski definition) is 1. The smallest absolute Gasteiger partial charge is 0.113 e. The van der Waals surface area contributed by atoms with Gasteiger partial charge in [0.2, 0.25) is 0 Å². The van der Waals surface area contributed by atoms with E-state index in [4.69, 9.17) is 0 Å². The molecule has 0 unspecified atom stereocenters. The van der Waals surface area contributed by atoms with Gasteiger partial charge >= 0.3 is 0 Å². The summed E-state index contributed by atoms with van der Waals surface area (Å²) in [6.07, 6.45) is 2.12. The second kappa shape index (κ2) is 4.73. The summed E-state index contributed by atoms with van der Waals surface area (Å²) < 4.78 is 0. The fourth-order valence-corrected chi connectivity index (χ4v) is 1.63. The molecule has 0 atom stereocenters. The molecule has 1 N–H and O–H groups in total. The number of rotatable bonds is 2. The van der Waals surface area contributed by atoms with Crippen LogP contribution in [0.25, 0.3) is 11.0 Å². The Balaban J connectivity index is 0.000000980. The molecule has 2 aromatic rings. The summed E-state index contributed by atoms with van der Waals surface area (Å²) in [5.74, 6) is 0. The molecule has 1 aromatic heterocycles. The van der Waals surface area contributed by atoms with E-state index in [1.54, 1.807) is 0 Å². The Morgan fingerprint density at radius 2 is 1.43 bits per heavy atom. The van der Waals surface area contributed by atoms with Crippen LogP contribution in [0.2, 0.25) is 0 Å². The van der Waals surface area contributed by atoms with Crippen LogP contribution in [0.3, 0.4) is 0 Å². The first-order chi connectivity index (χ1) is 6.35. The maximum absolute atomic E-state index is 4.07. The van der Waals surface area contributed by atoms with E-state index in [1.165, 1.54) is 11.1 Å². The van der Waals surface area contributed by atoms with Crippen molar-refractivity contribution in [2.24, 2.45) is 0 Å². The van der Waals surface area contributed by atoms with Crippen molar-refractivity contribution in [3.8, 4) is 0 Å². The predicted molar refractivity (Wildman–Crippen MR) is 52.6 cm³/mol. The van der Waals surface area contributed by atoms with E-state index in [1.807, 2.05) is 0 Å². The minimum atomic E-state index is 0. The molecule has 0 aliphatic heterocycles. The number of nitrogens with zero attached hydrogens (tertiary/aromatic N) is 2. The number of nitrogens with one attached hydrogen (secondary N) is 1. The quantitative estimate of drug-likeness (QED) is 0.857. The molecule has 0 saturated heterocycles. The van der Waals surface area contributed by atoms with Crippen LogP contribution in [-0.4, -0.2) is 15.4 Å². The van der Waals surface area contributed by atoms with E-state index >= 15 is 0 Å². The van der Waals surface area contributed by atoms with Gasteiger partial charge in [-0.1, -0.05) is 13.8 Å². The van der Waals surface area contributed by atoms with Crippen molar-refractivity contribution >= 4 is 11.0 Å². The Morgan fingerprint density at radius 3 is 1.79 bits per heavy atom. The zero-order valence-electron chi connectivity index (χ0n) is 8.26. The standard InChI is InChI=1S/C10H13N3.Ag/c1-3-7-5-9-10(12-13-11-9)6-8(7)4-2;/h5-6H,3-4H2,1-2H3,(H,11,12,13);. The van der Waals surface area contributed by atoms with Gasteiger partial charge in [0.15, 0.2) is 0 Å². The van der Waals surface area contributed by atoms with Crippen LogP contribution in [-0.2, 0) is 35.2 Å². The zero-order valence-corrected chi connectivity index (χ0v) is 9.75. The van der Waals surface area contributed by atoms with E-state index in [2.05, 4.69) is 41.4 Å². The Labute approximate surface area is 98.8 Å². The molecule has 0 aliphatic rings. The van der Waals surface area contributed by atoms with Crippen LogP contribution in [0.4, 0.5) is 0 Å². The molecule has 0 bridgehead atoms. The fourth-order valence-electron chi connectivity index (χ4n) is 1.63. The Morgan fingerprint density at radius 1 is 1.00 bits per heavy atom. The summed E-state index contributed by atoms with van der Waals surface area (Å²) in [6.45, 7) is 4.33. The molecule has 1 heterocycles. The molecular formula is C10H13AgN3. The third-order valence-electron chi connectivity index (χ3n) is 2.40. The van der Waals surface area contributed by atoms with E-state index in [9.17, 15) is 0 Å². The van der Waals surface area contributed by atoms with Crippen molar-refractivity contribution in [1.82, 2.24) is 15.4 Å². The number of hydrogen-bond acceptors (Lipinski definition) is 2. The number of benzene rings is 1. The molecule has 3 nitrogen and oxygen atoms in total. The monoisotopic (exact) mass is 282 g/mol. The topological polar surface area (TPSA) is 41.6 Å². The van der Waals surface area contributed by atoms with Crippen LogP contribution < -0.4 is 0 Å². The zero-order chi connectivity index (χ0) is 9.26. The minimum absolute atomic E-state index is 0. The number of H-pyrrole nitrogens is 1. The van der Waals surface area contributed by atoms with Crippen molar-refractivity contribution in [3.05, 3.63) is 23.3 Å². The molecule has 0 aliphatic carbocycles. The van der Waals surface area contributed by atoms with Gasteiger partial charge in [0.25, 0.3) is 0 Å². The first-order valence-corrected chi connectivity index (χ1v) is 4.67. The first-order valence-electron chi connectivity index (χ1n) is 4.67. The van der Waals surface area contributed by atoms with Crippen molar-refractivity contribution < 1.29 is 22.4 Å². The molecule has 0 saturated carbocycles. The van der Waals surface area contributed by atoms with Crippen LogP contribution in [0.15, 0.2) is 12.1 Å². The Bertz CT molecular complexity index is 384. The summed E-state index contributed by atoms with van der Waals surface area (Å²) in [7, 11) is 0. The van der Waals surface area contributed by atoms with Gasteiger partial charge in [0, 0.05) is 22.4 Å². The van der Waals surface area contributed by atoms with Gasteiger partial charge in [-0.05, 0) is 36.1 Å². The molecule has 14 heavy (non-hydrogen) atoms. The third kappa shape index (κ3) is 1.90. The van der Waals surface area contributed by atoms with Gasteiger partial charge in [-0.15, -0.1) is 0 Å². The first kappa shape index (κ1) is 11.4. The molecular weight excluding hydrogens is 270 g/mol. The van der Waals surface area contributed by atoms with E-state index in [0.717, 1.165) is 23.9 Å². The number of aromatic nitrogens is 3. The Kier molecular flexibility index (Phi) is 3.87. The molecule has 2 rings (SSSR count). The van der Waals surface area contributed by atoms with Crippen LogP contribution in [0, 0.1) is 0 Å². The summed E-state index contributed by atoms with van der Waals surface area (Å²) in [5, 5.41) is 10.8. The third-order valence-corrected chi connectivity index (χ3v) is 2.40. The van der Waals surface area contributed by atoms with Gasteiger partial charge in [-0.25, -0.2) is 0 Å². The number of fused-ring (bicyclic) bond motifs is 1. The van der Waals surface area contributed by atoms with Gasteiger partial charge in [-0.2, -0.15) is 15.4 Å². The Hall–Kier alpha value is -0.640. The van der Waals surface area contributed by atoms with E-state index < -0.39 is 0 Å². The summed E-state index contributed by atoms with van der Waals surface area (Å²) in [6, 6.07) is 4.25. The number of aryl methyl sites for hydroxylation is 2.